The molecule has 3 rings (SSSR count). The van der Waals surface area contributed by atoms with Crippen molar-refractivity contribution in [2.45, 2.75) is 0 Å². The summed E-state index contributed by atoms with van der Waals surface area (Å²) < 4.78 is 10.1. The Morgan fingerprint density at radius 3 is 2.56 bits per heavy atom. The second kappa shape index (κ2) is 8.50. The Bertz CT molecular complexity index is 804. The first-order chi connectivity index (χ1) is 13.1. The van der Waals surface area contributed by atoms with Crippen molar-refractivity contribution in [2.75, 3.05) is 55.6 Å². The molecule has 2 amide bonds. The first kappa shape index (κ1) is 18.7. The molecule has 27 heavy (non-hydrogen) atoms. The van der Waals surface area contributed by atoms with Gasteiger partial charge in [0.2, 0.25) is 0 Å². The van der Waals surface area contributed by atoms with Gasteiger partial charge in [0.05, 0.1) is 25.9 Å². The van der Waals surface area contributed by atoms with Gasteiger partial charge in [0.1, 0.15) is 5.82 Å². The van der Waals surface area contributed by atoms with Crippen LogP contribution in [0.25, 0.3) is 0 Å². The highest BCUT2D eigenvalue weighted by atomic mass is 16.5. The van der Waals surface area contributed by atoms with E-state index < -0.39 is 6.09 Å². The molecule has 8 nitrogen and oxygen atoms in total. The number of ether oxygens (including phenoxy) is 2. The maximum atomic E-state index is 12.8. The topological polar surface area (TPSA) is 84.0 Å². The van der Waals surface area contributed by atoms with Crippen molar-refractivity contribution in [3.05, 3.63) is 48.2 Å². The fourth-order valence-electron chi connectivity index (χ4n) is 2.81. The van der Waals surface area contributed by atoms with Gasteiger partial charge in [-0.05, 0) is 36.4 Å². The number of nitrogens with zero attached hydrogens (tertiary/aromatic N) is 3. The summed E-state index contributed by atoms with van der Waals surface area (Å²) in [4.78, 5) is 32.1. The lowest BCUT2D eigenvalue weighted by Crippen LogP contribution is -2.38. The Kier molecular flexibility index (Phi) is 5.87. The van der Waals surface area contributed by atoms with Crippen LogP contribution in [0.3, 0.4) is 0 Å². The number of pyridine rings is 1. The van der Waals surface area contributed by atoms with Crippen molar-refractivity contribution in [3.63, 3.8) is 0 Å². The van der Waals surface area contributed by atoms with E-state index in [4.69, 9.17) is 4.74 Å². The number of carbonyl (C=O) groups excluding carboxylic acids is 2. The highest BCUT2D eigenvalue weighted by Gasteiger charge is 2.20. The standard InChI is InChI=1S/C19H22N4O4/c1-22(19(25)26-2)15-7-5-14(6-8-15)21-18(24)16-4-3-9-20-17(16)23-10-12-27-13-11-23/h3-9H,10-13H2,1-2H3,(H,21,24). The summed E-state index contributed by atoms with van der Waals surface area (Å²) in [5, 5.41) is 2.88. The Morgan fingerprint density at radius 1 is 1.19 bits per heavy atom. The third-order valence-corrected chi connectivity index (χ3v) is 4.30. The van der Waals surface area contributed by atoms with Gasteiger partial charge >= 0.3 is 6.09 Å². The number of benzene rings is 1. The van der Waals surface area contributed by atoms with E-state index in [1.165, 1.54) is 12.0 Å². The highest BCUT2D eigenvalue weighted by molar-refractivity contribution is 6.07. The van der Waals surface area contributed by atoms with E-state index >= 15 is 0 Å². The molecule has 8 heteroatoms. The fourth-order valence-corrected chi connectivity index (χ4v) is 2.81. The number of aromatic nitrogens is 1. The van der Waals surface area contributed by atoms with Gasteiger partial charge in [0.25, 0.3) is 5.91 Å². The van der Waals surface area contributed by atoms with Crippen molar-refractivity contribution in [3.8, 4) is 0 Å². The number of anilines is 3. The van der Waals surface area contributed by atoms with Crippen molar-refractivity contribution < 1.29 is 19.1 Å². The molecule has 0 bridgehead atoms. The predicted molar refractivity (Wildman–Crippen MR) is 102 cm³/mol. The summed E-state index contributed by atoms with van der Waals surface area (Å²) in [5.74, 6) is 0.416. The second-order valence-electron chi connectivity index (χ2n) is 6.00. The summed E-state index contributed by atoms with van der Waals surface area (Å²) in [6.45, 7) is 2.64. The zero-order chi connectivity index (χ0) is 19.2. The number of morpholine rings is 1. The molecule has 0 unspecified atom stereocenters. The van der Waals surface area contributed by atoms with Gasteiger partial charge in [-0.1, -0.05) is 0 Å². The number of hydrogen-bond acceptors (Lipinski definition) is 6. The second-order valence-corrected chi connectivity index (χ2v) is 6.00. The monoisotopic (exact) mass is 370 g/mol. The van der Waals surface area contributed by atoms with Gasteiger partial charge < -0.3 is 19.7 Å². The fraction of sp³-hybridized carbons (Fsp3) is 0.316. The van der Waals surface area contributed by atoms with Crippen molar-refractivity contribution >= 4 is 29.2 Å². The zero-order valence-corrected chi connectivity index (χ0v) is 15.3. The predicted octanol–water partition coefficient (Wildman–Crippen LogP) is 2.37. The smallest absolute Gasteiger partial charge is 0.413 e. The van der Waals surface area contributed by atoms with Crippen molar-refractivity contribution in [2.24, 2.45) is 0 Å². The SMILES string of the molecule is COC(=O)N(C)c1ccc(NC(=O)c2cccnc2N2CCOCC2)cc1. The van der Waals surface area contributed by atoms with Crippen LogP contribution in [-0.4, -0.2) is 57.4 Å². The Labute approximate surface area is 157 Å². The lowest BCUT2D eigenvalue weighted by molar-refractivity contribution is 0.102. The zero-order valence-electron chi connectivity index (χ0n) is 15.3. The van der Waals surface area contributed by atoms with Crippen LogP contribution >= 0.6 is 0 Å². The number of nitrogens with one attached hydrogen (secondary N) is 1. The van der Waals surface area contributed by atoms with Crippen molar-refractivity contribution in [1.29, 1.82) is 0 Å². The van der Waals surface area contributed by atoms with Crippen LogP contribution in [0.5, 0.6) is 0 Å². The van der Waals surface area contributed by atoms with E-state index in [9.17, 15) is 9.59 Å². The van der Waals surface area contributed by atoms with Crippen molar-refractivity contribution in [1.82, 2.24) is 4.98 Å². The van der Waals surface area contributed by atoms with Gasteiger partial charge in [-0.15, -0.1) is 0 Å². The number of methoxy groups -OCH3 is 1. The molecule has 0 radical (unpaired) electrons. The van der Waals surface area contributed by atoms with E-state index in [0.29, 0.717) is 49.1 Å². The van der Waals surface area contributed by atoms with Gasteiger partial charge in [-0.2, -0.15) is 0 Å². The van der Waals surface area contributed by atoms with Crippen LogP contribution in [0.4, 0.5) is 22.0 Å². The van der Waals surface area contributed by atoms with E-state index in [2.05, 4.69) is 15.0 Å². The molecule has 1 aromatic carbocycles. The van der Waals surface area contributed by atoms with Crippen LogP contribution in [0.15, 0.2) is 42.6 Å². The summed E-state index contributed by atoms with van der Waals surface area (Å²) in [6, 6.07) is 10.4. The van der Waals surface area contributed by atoms with Crippen LogP contribution < -0.4 is 15.1 Å². The molecule has 1 aliphatic heterocycles. The molecule has 0 aliphatic carbocycles. The Balaban J connectivity index is 1.73. The molecule has 1 aliphatic rings. The summed E-state index contributed by atoms with van der Waals surface area (Å²) >= 11 is 0. The normalized spacial score (nSPS) is 13.8. The van der Waals surface area contributed by atoms with Gasteiger partial charge in [-0.25, -0.2) is 9.78 Å². The number of amides is 2. The lowest BCUT2D eigenvalue weighted by Gasteiger charge is -2.29. The molecule has 0 spiro atoms. The van der Waals surface area contributed by atoms with E-state index in [1.54, 1.807) is 49.6 Å². The molecular weight excluding hydrogens is 348 g/mol. The first-order valence-electron chi connectivity index (χ1n) is 8.61. The summed E-state index contributed by atoms with van der Waals surface area (Å²) in [7, 11) is 2.94. The number of rotatable bonds is 4. The quantitative estimate of drug-likeness (QED) is 0.890. The average Bonchev–Trinajstić information content (AvgIpc) is 2.73. The lowest BCUT2D eigenvalue weighted by atomic mass is 10.2. The van der Waals surface area contributed by atoms with Gasteiger partial charge in [0, 0.05) is 37.7 Å². The van der Waals surface area contributed by atoms with E-state index in [1.807, 2.05) is 4.90 Å². The molecule has 1 aromatic heterocycles. The van der Waals surface area contributed by atoms with E-state index in [0.717, 1.165) is 0 Å². The average molecular weight is 370 g/mol. The maximum Gasteiger partial charge on any atom is 0.413 e. The molecule has 1 N–H and O–H groups in total. The largest absolute Gasteiger partial charge is 0.452 e. The number of carbonyl (C=O) groups is 2. The molecule has 0 saturated carbocycles. The molecule has 1 fully saturated rings. The Morgan fingerprint density at radius 2 is 1.89 bits per heavy atom. The van der Waals surface area contributed by atoms with Gasteiger partial charge in [-0.3, -0.25) is 9.69 Å². The minimum Gasteiger partial charge on any atom is -0.452 e. The Hall–Kier alpha value is -3.13. The van der Waals surface area contributed by atoms with Crippen LogP contribution in [0.2, 0.25) is 0 Å². The van der Waals surface area contributed by atoms with Gasteiger partial charge in [0.15, 0.2) is 0 Å². The molecule has 142 valence electrons. The first-order valence-corrected chi connectivity index (χ1v) is 8.61. The summed E-state index contributed by atoms with van der Waals surface area (Å²) in [5.41, 5.74) is 1.80. The molecule has 2 heterocycles. The maximum absolute atomic E-state index is 12.8. The van der Waals surface area contributed by atoms with Crippen LogP contribution in [0.1, 0.15) is 10.4 Å². The molecule has 0 atom stereocenters. The van der Waals surface area contributed by atoms with Crippen LogP contribution in [0, 0.1) is 0 Å². The minimum absolute atomic E-state index is 0.237. The summed E-state index contributed by atoms with van der Waals surface area (Å²) in [6.07, 6.45) is 1.22. The third kappa shape index (κ3) is 4.35. The molecule has 1 saturated heterocycles. The highest BCUT2D eigenvalue weighted by Crippen LogP contribution is 2.22. The van der Waals surface area contributed by atoms with E-state index in [-0.39, 0.29) is 5.91 Å². The molecule has 2 aromatic rings. The minimum atomic E-state index is -0.461. The third-order valence-electron chi connectivity index (χ3n) is 4.30. The van der Waals surface area contributed by atoms with Crippen LogP contribution in [-0.2, 0) is 9.47 Å². The number of hydrogen-bond donors (Lipinski definition) is 1. The molecular formula is C19H22N4O4.